The molecule has 2 aromatic heterocycles. The Hall–Kier alpha value is -2.60. The Balaban J connectivity index is 1.82. The highest BCUT2D eigenvalue weighted by Gasteiger charge is 2.21. The summed E-state index contributed by atoms with van der Waals surface area (Å²) in [6, 6.07) is 8.01. The molecule has 0 aliphatic heterocycles. The summed E-state index contributed by atoms with van der Waals surface area (Å²) in [5.41, 5.74) is 1.93. The molecule has 126 valence electrons. The van der Waals surface area contributed by atoms with Crippen LogP contribution >= 0.6 is 0 Å². The van der Waals surface area contributed by atoms with Gasteiger partial charge in [-0.1, -0.05) is 0 Å². The number of halogens is 1. The van der Waals surface area contributed by atoms with E-state index in [1.54, 1.807) is 12.3 Å². The summed E-state index contributed by atoms with van der Waals surface area (Å²) >= 11 is 0. The molecule has 2 heterocycles. The van der Waals surface area contributed by atoms with Crippen molar-refractivity contribution in [2.75, 3.05) is 20.6 Å². The third-order valence-corrected chi connectivity index (χ3v) is 4.13. The molecule has 0 saturated carbocycles. The first kappa shape index (κ1) is 16.3. The van der Waals surface area contributed by atoms with E-state index in [0.29, 0.717) is 23.2 Å². The molecule has 1 aromatic carbocycles. The predicted molar refractivity (Wildman–Crippen MR) is 90.5 cm³/mol. The number of likely N-dealkylation sites (N-methyl/N-ethyl adjacent to an activating group) is 1. The van der Waals surface area contributed by atoms with Crippen LogP contribution in [0.2, 0.25) is 0 Å². The maximum absolute atomic E-state index is 13.5. The Bertz CT molecular complexity index is 853. The molecule has 2 N–H and O–H groups in total. The number of benzene rings is 1. The van der Waals surface area contributed by atoms with Crippen molar-refractivity contribution in [2.45, 2.75) is 13.0 Å². The maximum atomic E-state index is 13.5. The van der Waals surface area contributed by atoms with Crippen LogP contribution in [0.1, 0.15) is 27.9 Å². The van der Waals surface area contributed by atoms with Gasteiger partial charge in [-0.05, 0) is 51.4 Å². The number of aryl methyl sites for hydroxylation is 1. The number of nitrogens with one attached hydrogen (secondary N) is 2. The zero-order valence-corrected chi connectivity index (χ0v) is 13.9. The number of hydrogen-bond acceptors (Lipinski definition) is 3. The summed E-state index contributed by atoms with van der Waals surface area (Å²) in [4.78, 5) is 17.7. The molecule has 0 spiro atoms. The number of carbonyl (C=O) groups is 1. The first-order chi connectivity index (χ1) is 11.5. The number of fused-ring (bicyclic) bond motifs is 1. The summed E-state index contributed by atoms with van der Waals surface area (Å²) < 4.78 is 19.0. The molecule has 0 fully saturated rings. The maximum Gasteiger partial charge on any atom is 0.253 e. The number of nitrogens with zero attached hydrogens (tertiary/aromatic N) is 1. The monoisotopic (exact) mass is 329 g/mol. The van der Waals surface area contributed by atoms with Gasteiger partial charge in [0.25, 0.3) is 5.91 Å². The molecule has 3 aromatic rings. The van der Waals surface area contributed by atoms with Crippen molar-refractivity contribution in [3.05, 3.63) is 59.4 Å². The van der Waals surface area contributed by atoms with E-state index in [1.165, 1.54) is 12.1 Å². The van der Waals surface area contributed by atoms with E-state index in [4.69, 9.17) is 4.42 Å². The SMILES string of the molecule is Cc1[nH]c2ccc(F)cc2c1C(=O)NCC(c1ccco1)N(C)C. The summed E-state index contributed by atoms with van der Waals surface area (Å²) in [6.45, 7) is 2.20. The van der Waals surface area contributed by atoms with E-state index >= 15 is 0 Å². The van der Waals surface area contributed by atoms with Crippen LogP contribution in [-0.2, 0) is 0 Å². The quantitative estimate of drug-likeness (QED) is 0.755. The zero-order valence-electron chi connectivity index (χ0n) is 13.9. The van der Waals surface area contributed by atoms with Gasteiger partial charge in [-0.3, -0.25) is 9.69 Å². The molecule has 5 nitrogen and oxygen atoms in total. The van der Waals surface area contributed by atoms with E-state index in [-0.39, 0.29) is 17.8 Å². The van der Waals surface area contributed by atoms with E-state index < -0.39 is 0 Å². The molecule has 0 radical (unpaired) electrons. The second-order valence-corrected chi connectivity index (χ2v) is 6.02. The number of H-pyrrole nitrogens is 1. The van der Waals surface area contributed by atoms with Crippen LogP contribution < -0.4 is 5.32 Å². The molecule has 1 unspecified atom stereocenters. The van der Waals surface area contributed by atoms with E-state index in [9.17, 15) is 9.18 Å². The lowest BCUT2D eigenvalue weighted by atomic mass is 10.1. The first-order valence-corrected chi connectivity index (χ1v) is 7.73. The number of amides is 1. The fraction of sp³-hybridized carbons (Fsp3) is 0.278. The Labute approximate surface area is 139 Å². The average molecular weight is 329 g/mol. The van der Waals surface area contributed by atoms with E-state index in [0.717, 1.165) is 11.3 Å². The number of aromatic amines is 1. The lowest BCUT2D eigenvalue weighted by Gasteiger charge is -2.22. The zero-order chi connectivity index (χ0) is 17.3. The highest BCUT2D eigenvalue weighted by atomic mass is 19.1. The molecule has 1 amide bonds. The Kier molecular flexibility index (Phi) is 4.40. The summed E-state index contributed by atoms with van der Waals surface area (Å²) in [6.07, 6.45) is 1.61. The highest BCUT2D eigenvalue weighted by molar-refractivity contribution is 6.08. The highest BCUT2D eigenvalue weighted by Crippen LogP contribution is 2.23. The van der Waals surface area contributed by atoms with Crippen molar-refractivity contribution < 1.29 is 13.6 Å². The average Bonchev–Trinajstić information content (AvgIpc) is 3.14. The Morgan fingerprint density at radius 3 is 2.83 bits per heavy atom. The molecule has 0 aliphatic rings. The number of carbonyl (C=O) groups excluding carboxylic acids is 1. The molecule has 0 saturated heterocycles. The Morgan fingerprint density at radius 1 is 1.38 bits per heavy atom. The van der Waals surface area contributed by atoms with Gasteiger partial charge in [0.05, 0.1) is 17.9 Å². The second kappa shape index (κ2) is 6.49. The van der Waals surface area contributed by atoms with Crippen molar-refractivity contribution in [1.82, 2.24) is 15.2 Å². The lowest BCUT2D eigenvalue weighted by Crippen LogP contribution is -2.34. The topological polar surface area (TPSA) is 61.3 Å². The van der Waals surface area contributed by atoms with Crippen molar-refractivity contribution in [3.8, 4) is 0 Å². The van der Waals surface area contributed by atoms with Crippen molar-refractivity contribution in [2.24, 2.45) is 0 Å². The molecule has 1 atom stereocenters. The molecule has 0 bridgehead atoms. The van der Waals surface area contributed by atoms with Gasteiger partial charge in [-0.2, -0.15) is 0 Å². The number of rotatable bonds is 5. The van der Waals surface area contributed by atoms with Crippen LogP contribution in [0.25, 0.3) is 10.9 Å². The van der Waals surface area contributed by atoms with Crippen molar-refractivity contribution in [1.29, 1.82) is 0 Å². The predicted octanol–water partition coefficient (Wildman–Crippen LogP) is 3.24. The Morgan fingerprint density at radius 2 is 2.17 bits per heavy atom. The fourth-order valence-corrected chi connectivity index (χ4v) is 2.89. The van der Waals surface area contributed by atoms with Gasteiger partial charge >= 0.3 is 0 Å². The number of aromatic nitrogens is 1. The summed E-state index contributed by atoms with van der Waals surface area (Å²) in [5.74, 6) is 0.182. The third-order valence-electron chi connectivity index (χ3n) is 4.13. The van der Waals surface area contributed by atoms with Gasteiger partial charge < -0.3 is 14.7 Å². The van der Waals surface area contributed by atoms with Crippen molar-refractivity contribution in [3.63, 3.8) is 0 Å². The van der Waals surface area contributed by atoms with Crippen LogP contribution in [0.5, 0.6) is 0 Å². The number of hydrogen-bond donors (Lipinski definition) is 2. The van der Waals surface area contributed by atoms with Gasteiger partial charge in [-0.15, -0.1) is 0 Å². The standard InChI is InChI=1S/C18H20FN3O2/c1-11-17(13-9-12(19)6-7-14(13)21-11)18(23)20-10-15(22(2)3)16-5-4-8-24-16/h4-9,15,21H,10H2,1-3H3,(H,20,23). The minimum absolute atomic E-state index is 0.0776. The summed E-state index contributed by atoms with van der Waals surface area (Å²) in [7, 11) is 3.84. The molecular weight excluding hydrogens is 309 g/mol. The lowest BCUT2D eigenvalue weighted by molar-refractivity contribution is 0.0940. The van der Waals surface area contributed by atoms with Gasteiger partial charge in [0.2, 0.25) is 0 Å². The van der Waals surface area contributed by atoms with Crippen LogP contribution in [0.3, 0.4) is 0 Å². The first-order valence-electron chi connectivity index (χ1n) is 7.73. The molecule has 6 heteroatoms. The molecule has 24 heavy (non-hydrogen) atoms. The van der Waals surface area contributed by atoms with Crippen LogP contribution in [0.15, 0.2) is 41.0 Å². The van der Waals surface area contributed by atoms with Gasteiger partial charge in [0.15, 0.2) is 0 Å². The summed E-state index contributed by atoms with van der Waals surface area (Å²) in [5, 5.41) is 3.51. The molecule has 0 aliphatic carbocycles. The third kappa shape index (κ3) is 3.05. The van der Waals surface area contributed by atoms with Crippen molar-refractivity contribution >= 4 is 16.8 Å². The molecular formula is C18H20FN3O2. The van der Waals surface area contributed by atoms with Crippen LogP contribution in [-0.4, -0.2) is 36.4 Å². The normalized spacial score (nSPS) is 12.7. The van der Waals surface area contributed by atoms with Gasteiger partial charge in [-0.25, -0.2) is 4.39 Å². The fourth-order valence-electron chi connectivity index (χ4n) is 2.89. The van der Waals surface area contributed by atoms with Crippen LogP contribution in [0.4, 0.5) is 4.39 Å². The smallest absolute Gasteiger partial charge is 0.253 e. The van der Waals surface area contributed by atoms with Crippen LogP contribution in [0, 0.1) is 12.7 Å². The van der Waals surface area contributed by atoms with E-state index in [2.05, 4.69) is 10.3 Å². The molecule has 3 rings (SSSR count). The minimum Gasteiger partial charge on any atom is -0.468 e. The number of furan rings is 1. The van der Waals surface area contributed by atoms with E-state index in [1.807, 2.05) is 38.1 Å². The van der Waals surface area contributed by atoms with Gasteiger partial charge in [0, 0.05) is 23.1 Å². The largest absolute Gasteiger partial charge is 0.468 e. The second-order valence-electron chi connectivity index (χ2n) is 6.02. The minimum atomic E-state index is -0.364. The van der Waals surface area contributed by atoms with Gasteiger partial charge in [0.1, 0.15) is 11.6 Å².